The van der Waals surface area contributed by atoms with Crippen LogP contribution < -0.4 is 21.1 Å². The van der Waals surface area contributed by atoms with Crippen LogP contribution in [0, 0.1) is 0 Å². The molecule has 3 rings (SSSR count). The van der Waals surface area contributed by atoms with E-state index in [2.05, 4.69) is 28.0 Å². The molecule has 0 bridgehead atoms. The van der Waals surface area contributed by atoms with Crippen LogP contribution in [0.5, 0.6) is 5.75 Å². The van der Waals surface area contributed by atoms with Gasteiger partial charge in [0.1, 0.15) is 5.75 Å². The lowest BCUT2D eigenvalue weighted by Gasteiger charge is -2.09. The van der Waals surface area contributed by atoms with Crippen LogP contribution in [-0.4, -0.2) is 28.6 Å². The van der Waals surface area contributed by atoms with Crippen LogP contribution >= 0.6 is 0 Å². The third-order valence-corrected chi connectivity index (χ3v) is 4.08. The topological polar surface area (TPSA) is 113 Å². The Morgan fingerprint density at radius 1 is 1.00 bits per heavy atom. The van der Waals surface area contributed by atoms with Gasteiger partial charge in [-0.15, -0.1) is 0 Å². The van der Waals surface area contributed by atoms with Gasteiger partial charge in [-0.25, -0.2) is 5.10 Å². The summed E-state index contributed by atoms with van der Waals surface area (Å²) in [6.07, 6.45) is 2.00. The molecule has 0 aliphatic carbocycles. The highest BCUT2D eigenvalue weighted by molar-refractivity contribution is 6.05. The molecule has 1 heterocycles. The summed E-state index contributed by atoms with van der Waals surface area (Å²) in [4.78, 5) is 36.4. The van der Waals surface area contributed by atoms with Crippen molar-refractivity contribution in [2.45, 2.75) is 19.8 Å². The standard InChI is InChI=1S/C20H20N4O4/c1-2-3-12-28-14-10-8-13(9-11-14)18(25)22-24-20(27)17-15-6-4-5-7-16(15)19(26)23-21-17/h4-11H,2-3,12H2,1H3,(H,22,25)(H,23,26)(H,24,27). The number of rotatable bonds is 6. The highest BCUT2D eigenvalue weighted by atomic mass is 16.5. The molecule has 0 spiro atoms. The highest BCUT2D eigenvalue weighted by Crippen LogP contribution is 2.13. The van der Waals surface area contributed by atoms with Crippen molar-refractivity contribution < 1.29 is 14.3 Å². The molecule has 2 aromatic carbocycles. The van der Waals surface area contributed by atoms with Crippen LogP contribution in [0.2, 0.25) is 0 Å². The molecular weight excluding hydrogens is 360 g/mol. The van der Waals surface area contributed by atoms with E-state index >= 15 is 0 Å². The van der Waals surface area contributed by atoms with Crippen LogP contribution in [0.15, 0.2) is 53.3 Å². The Kier molecular flexibility index (Phi) is 6.01. The highest BCUT2D eigenvalue weighted by Gasteiger charge is 2.15. The Hall–Kier alpha value is -3.68. The van der Waals surface area contributed by atoms with Crippen molar-refractivity contribution in [2.24, 2.45) is 0 Å². The minimum atomic E-state index is -0.639. The maximum atomic E-state index is 12.4. The summed E-state index contributed by atoms with van der Waals surface area (Å²) < 4.78 is 5.55. The second kappa shape index (κ2) is 8.81. The smallest absolute Gasteiger partial charge is 0.290 e. The molecule has 3 N–H and O–H groups in total. The fraction of sp³-hybridized carbons (Fsp3) is 0.200. The van der Waals surface area contributed by atoms with Gasteiger partial charge in [-0.05, 0) is 36.8 Å². The van der Waals surface area contributed by atoms with E-state index in [4.69, 9.17) is 4.74 Å². The zero-order valence-corrected chi connectivity index (χ0v) is 15.3. The molecular formula is C20H20N4O4. The number of aromatic nitrogens is 2. The predicted molar refractivity (Wildman–Crippen MR) is 104 cm³/mol. The number of hydrazine groups is 1. The maximum absolute atomic E-state index is 12.4. The van der Waals surface area contributed by atoms with Crippen molar-refractivity contribution in [1.82, 2.24) is 21.0 Å². The molecule has 0 radical (unpaired) electrons. The Morgan fingerprint density at radius 2 is 1.68 bits per heavy atom. The number of ether oxygens (including phenoxy) is 1. The van der Waals surface area contributed by atoms with Crippen molar-refractivity contribution in [3.8, 4) is 5.75 Å². The Morgan fingerprint density at radius 3 is 2.39 bits per heavy atom. The number of fused-ring (bicyclic) bond motifs is 1. The van der Waals surface area contributed by atoms with Gasteiger partial charge in [-0.1, -0.05) is 31.5 Å². The van der Waals surface area contributed by atoms with E-state index in [9.17, 15) is 14.4 Å². The number of amides is 2. The summed E-state index contributed by atoms with van der Waals surface area (Å²) in [5.74, 6) is -0.444. The summed E-state index contributed by atoms with van der Waals surface area (Å²) in [6, 6.07) is 13.2. The van der Waals surface area contributed by atoms with E-state index in [0.29, 0.717) is 28.7 Å². The first-order valence-corrected chi connectivity index (χ1v) is 8.91. The number of hydrogen-bond acceptors (Lipinski definition) is 5. The molecule has 0 saturated heterocycles. The number of benzene rings is 2. The quantitative estimate of drug-likeness (QED) is 0.448. The van der Waals surface area contributed by atoms with Gasteiger partial charge < -0.3 is 4.74 Å². The molecule has 1 aromatic heterocycles. The third kappa shape index (κ3) is 4.35. The SMILES string of the molecule is CCCCOc1ccc(C(=O)NNC(=O)c2n[nH]c(=O)c3ccccc23)cc1. The summed E-state index contributed by atoms with van der Waals surface area (Å²) in [5.41, 5.74) is 4.63. The van der Waals surface area contributed by atoms with E-state index < -0.39 is 17.4 Å². The second-order valence-electron chi connectivity index (χ2n) is 6.08. The van der Waals surface area contributed by atoms with E-state index in [1.54, 1.807) is 48.5 Å². The molecule has 0 atom stereocenters. The first-order valence-electron chi connectivity index (χ1n) is 8.91. The molecule has 0 aliphatic rings. The van der Waals surface area contributed by atoms with Crippen molar-refractivity contribution in [3.63, 3.8) is 0 Å². The molecule has 2 amide bonds. The molecule has 3 aromatic rings. The first-order chi connectivity index (χ1) is 13.6. The van der Waals surface area contributed by atoms with E-state index in [-0.39, 0.29) is 5.69 Å². The van der Waals surface area contributed by atoms with E-state index in [1.165, 1.54) is 0 Å². The van der Waals surface area contributed by atoms with Crippen molar-refractivity contribution in [2.75, 3.05) is 6.61 Å². The lowest BCUT2D eigenvalue weighted by molar-refractivity contribution is 0.0844. The van der Waals surface area contributed by atoms with Gasteiger partial charge in [0.05, 0.1) is 12.0 Å². The number of carbonyl (C=O) groups excluding carboxylic acids is 2. The van der Waals surface area contributed by atoms with Crippen molar-refractivity contribution >= 4 is 22.6 Å². The number of hydrogen-bond donors (Lipinski definition) is 3. The van der Waals surface area contributed by atoms with Gasteiger partial charge in [-0.2, -0.15) is 5.10 Å². The Labute approximate surface area is 160 Å². The maximum Gasteiger partial charge on any atom is 0.290 e. The van der Waals surface area contributed by atoms with Gasteiger partial charge in [-0.3, -0.25) is 25.2 Å². The number of nitrogens with one attached hydrogen (secondary N) is 3. The fourth-order valence-electron chi connectivity index (χ4n) is 2.57. The van der Waals surface area contributed by atoms with E-state index in [1.807, 2.05) is 0 Å². The number of nitrogens with zero attached hydrogens (tertiary/aromatic N) is 1. The van der Waals surface area contributed by atoms with Gasteiger partial charge in [0, 0.05) is 10.9 Å². The fourth-order valence-corrected chi connectivity index (χ4v) is 2.57. The first kappa shape index (κ1) is 19.1. The zero-order chi connectivity index (χ0) is 19.9. The average Bonchev–Trinajstić information content (AvgIpc) is 2.73. The van der Waals surface area contributed by atoms with Crippen LogP contribution in [0.4, 0.5) is 0 Å². The molecule has 0 fully saturated rings. The lowest BCUT2D eigenvalue weighted by atomic mass is 10.1. The number of carbonyl (C=O) groups is 2. The van der Waals surface area contributed by atoms with E-state index in [0.717, 1.165) is 12.8 Å². The Bertz CT molecular complexity index is 1040. The van der Waals surface area contributed by atoms with Gasteiger partial charge in [0.25, 0.3) is 17.4 Å². The molecule has 8 heteroatoms. The van der Waals surface area contributed by atoms with Crippen molar-refractivity contribution in [1.29, 1.82) is 0 Å². The normalized spacial score (nSPS) is 10.5. The van der Waals surface area contributed by atoms with Crippen LogP contribution in [-0.2, 0) is 0 Å². The molecule has 28 heavy (non-hydrogen) atoms. The average molecular weight is 380 g/mol. The monoisotopic (exact) mass is 380 g/mol. The van der Waals surface area contributed by atoms with Gasteiger partial charge >= 0.3 is 0 Å². The Balaban J connectivity index is 1.64. The molecule has 144 valence electrons. The summed E-state index contributed by atoms with van der Waals surface area (Å²) >= 11 is 0. The molecule has 0 unspecified atom stereocenters. The second-order valence-corrected chi connectivity index (χ2v) is 6.08. The minimum absolute atomic E-state index is 0.00942. The predicted octanol–water partition coefficient (Wildman–Crippen LogP) is 2.18. The van der Waals surface area contributed by atoms with Crippen LogP contribution in [0.3, 0.4) is 0 Å². The summed E-state index contributed by atoms with van der Waals surface area (Å²) in [7, 11) is 0. The van der Waals surface area contributed by atoms with Gasteiger partial charge in [0.2, 0.25) is 0 Å². The van der Waals surface area contributed by atoms with Crippen LogP contribution in [0.25, 0.3) is 10.8 Å². The van der Waals surface area contributed by atoms with Crippen molar-refractivity contribution in [3.05, 3.63) is 70.1 Å². The molecule has 0 aliphatic heterocycles. The molecule has 8 nitrogen and oxygen atoms in total. The van der Waals surface area contributed by atoms with Gasteiger partial charge in [0.15, 0.2) is 5.69 Å². The summed E-state index contributed by atoms with van der Waals surface area (Å²) in [5, 5.41) is 6.80. The van der Waals surface area contributed by atoms with Crippen LogP contribution in [0.1, 0.15) is 40.6 Å². The largest absolute Gasteiger partial charge is 0.494 e. The number of unbranched alkanes of at least 4 members (excludes halogenated alkanes) is 1. The zero-order valence-electron chi connectivity index (χ0n) is 15.3. The third-order valence-electron chi connectivity index (χ3n) is 4.08. The number of H-pyrrole nitrogens is 1. The number of aromatic amines is 1. The lowest BCUT2D eigenvalue weighted by Crippen LogP contribution is -2.42. The summed E-state index contributed by atoms with van der Waals surface area (Å²) in [6.45, 7) is 2.70. The molecule has 0 saturated carbocycles. The minimum Gasteiger partial charge on any atom is -0.494 e.